The van der Waals surface area contributed by atoms with Gasteiger partial charge in [0.25, 0.3) is 0 Å². The fraction of sp³-hybridized carbons (Fsp3) is 0.833. The molecule has 0 aliphatic heterocycles. The van der Waals surface area contributed by atoms with Gasteiger partial charge in [-0.3, -0.25) is 10.1 Å². The van der Waals surface area contributed by atoms with Gasteiger partial charge >= 0.3 is 0 Å². The second-order valence-corrected chi connectivity index (χ2v) is 2.27. The van der Waals surface area contributed by atoms with Gasteiger partial charge in [0.05, 0.1) is 0 Å². The molecule has 0 bridgehead atoms. The van der Waals surface area contributed by atoms with Crippen molar-refractivity contribution in [1.29, 1.82) is 0 Å². The molecule has 0 fully saturated rings. The summed E-state index contributed by atoms with van der Waals surface area (Å²) < 4.78 is 0. The maximum Gasteiger partial charge on any atom is 0.245 e. The number of aliphatic hydroxyl groups excluding tert-OH is 1. The molecule has 0 saturated carbocycles. The predicted octanol–water partition coefficient (Wildman–Crippen LogP) is -0.00840. The molecule has 0 rings (SSSR count). The van der Waals surface area contributed by atoms with Crippen LogP contribution in [0.15, 0.2) is 0 Å². The van der Waals surface area contributed by atoms with Crippen LogP contribution in [0.5, 0.6) is 0 Å². The number of hydrogen-bond donors (Lipinski definition) is 1. The summed E-state index contributed by atoms with van der Waals surface area (Å²) in [6, 6.07) is -1.14. The largest absolute Gasteiger partial charge is 0.379 e. The molecule has 0 amide bonds. The number of carbonyl (C=O) groups is 1. The molecular weight excluding hydrogens is 150 g/mol. The molecule has 0 spiro atoms. The van der Waals surface area contributed by atoms with Crippen molar-refractivity contribution in [3.63, 3.8) is 0 Å². The second-order valence-electron chi connectivity index (χ2n) is 2.27. The Hall–Kier alpha value is -0.970. The van der Waals surface area contributed by atoms with Crippen LogP contribution in [0, 0.1) is 10.1 Å². The standard InChI is InChI=1S/C6H11NO4/c1-2-3-5(7(10)11)6(9)4-8/h4-6,9H,2-3H2,1H3. The summed E-state index contributed by atoms with van der Waals surface area (Å²) in [6.07, 6.45) is -0.461. The highest BCUT2D eigenvalue weighted by Crippen LogP contribution is 2.04. The molecule has 2 unspecified atom stereocenters. The van der Waals surface area contributed by atoms with Crippen molar-refractivity contribution in [2.75, 3.05) is 0 Å². The molecule has 1 N–H and O–H groups in total. The lowest BCUT2D eigenvalue weighted by Crippen LogP contribution is -2.34. The molecule has 0 saturated heterocycles. The summed E-state index contributed by atoms with van der Waals surface area (Å²) in [5.41, 5.74) is 0. The summed E-state index contributed by atoms with van der Waals surface area (Å²) in [5.74, 6) is 0. The topological polar surface area (TPSA) is 80.4 Å². The molecular formula is C6H11NO4. The lowest BCUT2D eigenvalue weighted by atomic mass is 10.1. The zero-order chi connectivity index (χ0) is 8.85. The fourth-order valence-corrected chi connectivity index (χ4v) is 0.787. The Bertz CT molecular complexity index is 148. The molecule has 0 aromatic heterocycles. The molecule has 5 heteroatoms. The van der Waals surface area contributed by atoms with E-state index < -0.39 is 17.1 Å². The number of hydrogen-bond acceptors (Lipinski definition) is 4. The molecule has 0 aromatic carbocycles. The van der Waals surface area contributed by atoms with Crippen LogP contribution in [0.3, 0.4) is 0 Å². The van der Waals surface area contributed by atoms with Crippen LogP contribution in [0.4, 0.5) is 0 Å². The van der Waals surface area contributed by atoms with Crippen molar-refractivity contribution in [3.8, 4) is 0 Å². The third-order valence-electron chi connectivity index (χ3n) is 1.39. The highest BCUT2D eigenvalue weighted by Gasteiger charge is 2.27. The van der Waals surface area contributed by atoms with E-state index in [0.717, 1.165) is 0 Å². The quantitative estimate of drug-likeness (QED) is 0.349. The van der Waals surface area contributed by atoms with Crippen LogP contribution in [0.1, 0.15) is 19.8 Å². The normalized spacial score (nSPS) is 15.5. The lowest BCUT2D eigenvalue weighted by Gasteiger charge is -2.08. The van der Waals surface area contributed by atoms with E-state index in [4.69, 9.17) is 5.11 Å². The summed E-state index contributed by atoms with van der Waals surface area (Å²) in [6.45, 7) is 1.76. The molecule has 0 aromatic rings. The molecule has 0 heterocycles. The smallest absolute Gasteiger partial charge is 0.245 e. The van der Waals surface area contributed by atoms with Gasteiger partial charge in [-0.25, -0.2) is 0 Å². The summed E-state index contributed by atoms with van der Waals surface area (Å²) in [7, 11) is 0. The van der Waals surface area contributed by atoms with Crippen LogP contribution in [-0.2, 0) is 4.79 Å². The van der Waals surface area contributed by atoms with Crippen molar-refractivity contribution < 1.29 is 14.8 Å². The van der Waals surface area contributed by atoms with Gasteiger partial charge in [0.2, 0.25) is 6.04 Å². The third kappa shape index (κ3) is 3.08. The highest BCUT2D eigenvalue weighted by atomic mass is 16.6. The number of nitro groups is 1. The van der Waals surface area contributed by atoms with E-state index in [-0.39, 0.29) is 12.7 Å². The molecule has 64 valence electrons. The van der Waals surface area contributed by atoms with Crippen LogP contribution < -0.4 is 0 Å². The molecule has 11 heavy (non-hydrogen) atoms. The third-order valence-corrected chi connectivity index (χ3v) is 1.39. The fourth-order valence-electron chi connectivity index (χ4n) is 0.787. The van der Waals surface area contributed by atoms with Crippen molar-refractivity contribution in [3.05, 3.63) is 10.1 Å². The minimum atomic E-state index is -1.47. The molecule has 2 atom stereocenters. The number of carbonyl (C=O) groups excluding carboxylic acids is 1. The summed E-state index contributed by atoms with van der Waals surface area (Å²) in [5, 5.41) is 19.0. The summed E-state index contributed by atoms with van der Waals surface area (Å²) in [4.78, 5) is 19.5. The van der Waals surface area contributed by atoms with Gasteiger partial charge in [-0.2, -0.15) is 0 Å². The van der Waals surface area contributed by atoms with Crippen LogP contribution in [-0.4, -0.2) is 28.5 Å². The Morgan fingerprint density at radius 3 is 2.55 bits per heavy atom. The van der Waals surface area contributed by atoms with Gasteiger partial charge < -0.3 is 9.90 Å². The van der Waals surface area contributed by atoms with E-state index >= 15 is 0 Å². The molecule has 5 nitrogen and oxygen atoms in total. The average Bonchev–Trinajstić information content (AvgIpc) is 1.98. The van der Waals surface area contributed by atoms with E-state index in [1.165, 1.54) is 0 Å². The van der Waals surface area contributed by atoms with Crippen LogP contribution in [0.25, 0.3) is 0 Å². The maximum absolute atomic E-state index is 10.2. The molecule has 0 radical (unpaired) electrons. The zero-order valence-electron chi connectivity index (χ0n) is 6.27. The van der Waals surface area contributed by atoms with E-state index in [2.05, 4.69) is 0 Å². The molecule has 0 aliphatic rings. The first-order chi connectivity index (χ1) is 5.13. The van der Waals surface area contributed by atoms with Crippen molar-refractivity contribution in [1.82, 2.24) is 0 Å². The van der Waals surface area contributed by atoms with E-state index in [9.17, 15) is 14.9 Å². The van der Waals surface area contributed by atoms with E-state index in [1.807, 2.05) is 0 Å². The maximum atomic E-state index is 10.2. The number of aliphatic hydroxyl groups is 1. The second kappa shape index (κ2) is 4.79. The van der Waals surface area contributed by atoms with E-state index in [0.29, 0.717) is 6.42 Å². The van der Waals surface area contributed by atoms with Gasteiger partial charge in [0, 0.05) is 11.3 Å². The average molecular weight is 161 g/mol. The van der Waals surface area contributed by atoms with Gasteiger partial charge in [0.1, 0.15) is 0 Å². The highest BCUT2D eigenvalue weighted by molar-refractivity contribution is 5.56. The first-order valence-electron chi connectivity index (χ1n) is 3.40. The Morgan fingerprint density at radius 2 is 2.27 bits per heavy atom. The summed E-state index contributed by atoms with van der Waals surface area (Å²) >= 11 is 0. The van der Waals surface area contributed by atoms with Gasteiger partial charge in [0.15, 0.2) is 12.4 Å². The van der Waals surface area contributed by atoms with Gasteiger partial charge in [-0.15, -0.1) is 0 Å². The van der Waals surface area contributed by atoms with E-state index in [1.54, 1.807) is 6.92 Å². The lowest BCUT2D eigenvalue weighted by molar-refractivity contribution is -0.531. The minimum absolute atomic E-state index is 0.198. The Balaban J connectivity index is 4.08. The minimum Gasteiger partial charge on any atom is -0.379 e. The number of nitrogens with zero attached hydrogens (tertiary/aromatic N) is 1. The predicted molar refractivity (Wildman–Crippen MR) is 37.8 cm³/mol. The zero-order valence-corrected chi connectivity index (χ0v) is 6.27. The van der Waals surface area contributed by atoms with Crippen molar-refractivity contribution in [2.24, 2.45) is 0 Å². The first kappa shape index (κ1) is 10.0. The van der Waals surface area contributed by atoms with Crippen molar-refractivity contribution in [2.45, 2.75) is 31.9 Å². The number of aldehydes is 1. The first-order valence-corrected chi connectivity index (χ1v) is 3.40. The molecule has 0 aliphatic carbocycles. The van der Waals surface area contributed by atoms with Crippen molar-refractivity contribution >= 4 is 6.29 Å². The Kier molecular flexibility index (Phi) is 4.36. The SMILES string of the molecule is CCCC(C(O)C=O)[N+](=O)[O-]. The Morgan fingerprint density at radius 1 is 1.73 bits per heavy atom. The van der Waals surface area contributed by atoms with Gasteiger partial charge in [-0.1, -0.05) is 6.92 Å². The van der Waals surface area contributed by atoms with Crippen LogP contribution >= 0.6 is 0 Å². The Labute approximate surface area is 64.2 Å². The van der Waals surface area contributed by atoms with Gasteiger partial charge in [-0.05, 0) is 6.42 Å². The van der Waals surface area contributed by atoms with Crippen LogP contribution in [0.2, 0.25) is 0 Å². The monoisotopic (exact) mass is 161 g/mol. The number of rotatable bonds is 5.